The maximum atomic E-state index is 12.1. The van der Waals surface area contributed by atoms with Crippen LogP contribution >= 0.6 is 0 Å². The minimum atomic E-state index is 0.0200. The van der Waals surface area contributed by atoms with Gasteiger partial charge >= 0.3 is 0 Å². The van der Waals surface area contributed by atoms with E-state index in [0.29, 0.717) is 31.9 Å². The van der Waals surface area contributed by atoms with Gasteiger partial charge < -0.3 is 15.5 Å². The number of rotatable bonds is 3. The second-order valence-corrected chi connectivity index (χ2v) is 5.45. The summed E-state index contributed by atoms with van der Waals surface area (Å²) in [7, 11) is 0. The molecule has 20 heavy (non-hydrogen) atoms. The van der Waals surface area contributed by atoms with E-state index in [9.17, 15) is 9.59 Å². The van der Waals surface area contributed by atoms with Crippen molar-refractivity contribution in [1.29, 1.82) is 0 Å². The van der Waals surface area contributed by atoms with Crippen molar-refractivity contribution in [2.24, 2.45) is 5.92 Å². The summed E-state index contributed by atoms with van der Waals surface area (Å²) in [5, 5.41) is 4.00. The number of nitrogens with zero attached hydrogens (tertiary/aromatic N) is 4. The Morgan fingerprint density at radius 1 is 1.20 bits per heavy atom. The van der Waals surface area contributed by atoms with E-state index in [-0.39, 0.29) is 24.3 Å². The molecule has 7 nitrogen and oxygen atoms in total. The van der Waals surface area contributed by atoms with Crippen LogP contribution in [0.5, 0.6) is 0 Å². The highest BCUT2D eigenvalue weighted by atomic mass is 16.2. The van der Waals surface area contributed by atoms with E-state index >= 15 is 0 Å². The topological polar surface area (TPSA) is 84.5 Å². The van der Waals surface area contributed by atoms with E-state index in [4.69, 9.17) is 5.73 Å². The van der Waals surface area contributed by atoms with Gasteiger partial charge in [-0.3, -0.25) is 14.3 Å². The fraction of sp³-hybridized carbons (Fsp3) is 0.615. The maximum absolute atomic E-state index is 12.1. The first kappa shape index (κ1) is 13.0. The minimum absolute atomic E-state index is 0.0200. The molecule has 0 unspecified atom stereocenters. The highest BCUT2D eigenvalue weighted by Gasteiger charge is 2.35. The standard InChI is InChI=1S/C13H19N5O2/c14-11-7-15-18(8-11)9-12(19)16-3-5-17(6-4-16)13(20)10-1-2-10/h7-8,10H,1-6,9,14H2. The molecule has 3 rings (SSSR count). The summed E-state index contributed by atoms with van der Waals surface area (Å²) in [5.41, 5.74) is 6.12. The Morgan fingerprint density at radius 3 is 2.40 bits per heavy atom. The molecule has 0 atom stereocenters. The lowest BCUT2D eigenvalue weighted by molar-refractivity contribution is -0.140. The second kappa shape index (κ2) is 5.15. The van der Waals surface area contributed by atoms with E-state index in [1.807, 2.05) is 4.90 Å². The molecule has 7 heteroatoms. The summed E-state index contributed by atoms with van der Waals surface area (Å²) in [5.74, 6) is 0.535. The average molecular weight is 277 g/mol. The summed E-state index contributed by atoms with van der Waals surface area (Å²) < 4.78 is 1.54. The third kappa shape index (κ3) is 2.76. The Hall–Kier alpha value is -2.05. The lowest BCUT2D eigenvalue weighted by Gasteiger charge is -2.34. The minimum Gasteiger partial charge on any atom is -0.396 e. The van der Waals surface area contributed by atoms with Crippen molar-refractivity contribution in [2.45, 2.75) is 19.4 Å². The lowest BCUT2D eigenvalue weighted by atomic mass is 10.2. The van der Waals surface area contributed by atoms with Crippen molar-refractivity contribution in [2.75, 3.05) is 31.9 Å². The third-order valence-corrected chi connectivity index (χ3v) is 3.82. The Balaban J connectivity index is 1.49. The van der Waals surface area contributed by atoms with Gasteiger partial charge in [0.2, 0.25) is 11.8 Å². The first-order valence-corrected chi connectivity index (χ1v) is 6.98. The fourth-order valence-corrected chi connectivity index (χ4v) is 2.47. The molecule has 0 spiro atoms. The molecule has 2 fully saturated rings. The molecule has 1 aliphatic carbocycles. The largest absolute Gasteiger partial charge is 0.396 e. The zero-order chi connectivity index (χ0) is 14.1. The quantitative estimate of drug-likeness (QED) is 0.810. The second-order valence-electron chi connectivity index (χ2n) is 5.45. The smallest absolute Gasteiger partial charge is 0.244 e. The van der Waals surface area contributed by atoms with Gasteiger partial charge in [-0.15, -0.1) is 0 Å². The van der Waals surface area contributed by atoms with Gasteiger partial charge in [-0.1, -0.05) is 0 Å². The van der Waals surface area contributed by atoms with Crippen LogP contribution < -0.4 is 5.73 Å². The molecule has 108 valence electrons. The van der Waals surface area contributed by atoms with E-state index in [0.717, 1.165) is 12.8 Å². The van der Waals surface area contributed by atoms with Gasteiger partial charge in [-0.25, -0.2) is 0 Å². The Labute approximate surface area is 117 Å². The van der Waals surface area contributed by atoms with Crippen LogP contribution in [0.4, 0.5) is 5.69 Å². The monoisotopic (exact) mass is 277 g/mol. The number of hydrogen-bond donors (Lipinski definition) is 1. The van der Waals surface area contributed by atoms with Crippen LogP contribution in [0, 0.1) is 5.92 Å². The Bertz CT molecular complexity index is 515. The lowest BCUT2D eigenvalue weighted by Crippen LogP contribution is -2.51. The number of hydrogen-bond acceptors (Lipinski definition) is 4. The van der Waals surface area contributed by atoms with Crippen LogP contribution in [0.15, 0.2) is 12.4 Å². The average Bonchev–Trinajstić information content (AvgIpc) is 3.22. The summed E-state index contributed by atoms with van der Waals surface area (Å²) in [4.78, 5) is 27.7. The van der Waals surface area contributed by atoms with Gasteiger partial charge in [0.1, 0.15) is 6.54 Å². The molecule has 1 saturated heterocycles. The number of amides is 2. The highest BCUT2D eigenvalue weighted by molar-refractivity contribution is 5.81. The van der Waals surface area contributed by atoms with Crippen molar-refractivity contribution in [3.8, 4) is 0 Å². The van der Waals surface area contributed by atoms with Gasteiger partial charge in [0.25, 0.3) is 0 Å². The Kier molecular flexibility index (Phi) is 3.33. The van der Waals surface area contributed by atoms with Crippen molar-refractivity contribution in [3.05, 3.63) is 12.4 Å². The Morgan fingerprint density at radius 2 is 1.85 bits per heavy atom. The first-order valence-electron chi connectivity index (χ1n) is 6.98. The van der Waals surface area contributed by atoms with E-state index in [1.54, 1.807) is 15.8 Å². The summed E-state index contributed by atoms with van der Waals surface area (Å²) >= 11 is 0. The third-order valence-electron chi connectivity index (χ3n) is 3.82. The van der Waals surface area contributed by atoms with E-state index < -0.39 is 0 Å². The number of carbonyl (C=O) groups excluding carboxylic acids is 2. The molecular formula is C13H19N5O2. The SMILES string of the molecule is Nc1cnn(CC(=O)N2CCN(C(=O)C3CC3)CC2)c1. The van der Waals surface area contributed by atoms with Crippen LogP contribution in [0.25, 0.3) is 0 Å². The van der Waals surface area contributed by atoms with Crippen LogP contribution in [0.2, 0.25) is 0 Å². The van der Waals surface area contributed by atoms with Gasteiger partial charge in [-0.05, 0) is 12.8 Å². The molecule has 1 aliphatic heterocycles. The fourth-order valence-electron chi connectivity index (χ4n) is 2.47. The number of piperazine rings is 1. The van der Waals surface area contributed by atoms with Crippen LogP contribution in [0.3, 0.4) is 0 Å². The van der Waals surface area contributed by atoms with E-state index in [2.05, 4.69) is 5.10 Å². The van der Waals surface area contributed by atoms with Crippen LogP contribution in [-0.4, -0.2) is 57.6 Å². The van der Waals surface area contributed by atoms with Gasteiger partial charge in [-0.2, -0.15) is 5.10 Å². The maximum Gasteiger partial charge on any atom is 0.244 e. The molecule has 0 aromatic carbocycles. The van der Waals surface area contributed by atoms with Crippen molar-refractivity contribution in [3.63, 3.8) is 0 Å². The summed E-state index contributed by atoms with van der Waals surface area (Å²) in [6, 6.07) is 0. The van der Waals surface area contributed by atoms with E-state index in [1.165, 1.54) is 6.20 Å². The van der Waals surface area contributed by atoms with Gasteiger partial charge in [0, 0.05) is 38.3 Å². The highest BCUT2D eigenvalue weighted by Crippen LogP contribution is 2.31. The predicted octanol–water partition coefficient (Wildman–Crippen LogP) is -0.454. The molecular weight excluding hydrogens is 258 g/mol. The molecule has 2 N–H and O–H groups in total. The zero-order valence-corrected chi connectivity index (χ0v) is 11.4. The molecule has 2 amide bonds. The molecule has 0 radical (unpaired) electrons. The number of nitrogen functional groups attached to an aromatic ring is 1. The molecule has 1 saturated carbocycles. The predicted molar refractivity (Wildman–Crippen MR) is 72.5 cm³/mol. The molecule has 1 aromatic rings. The zero-order valence-electron chi connectivity index (χ0n) is 11.4. The summed E-state index contributed by atoms with van der Waals surface area (Å²) in [6.07, 6.45) is 5.22. The number of aromatic nitrogens is 2. The molecule has 0 bridgehead atoms. The number of anilines is 1. The number of carbonyl (C=O) groups is 2. The van der Waals surface area contributed by atoms with Crippen LogP contribution in [-0.2, 0) is 16.1 Å². The molecule has 2 aliphatic rings. The van der Waals surface area contributed by atoms with Gasteiger partial charge in [0.15, 0.2) is 0 Å². The van der Waals surface area contributed by atoms with Crippen LogP contribution in [0.1, 0.15) is 12.8 Å². The molecule has 1 aromatic heterocycles. The van der Waals surface area contributed by atoms with Crippen molar-refractivity contribution in [1.82, 2.24) is 19.6 Å². The van der Waals surface area contributed by atoms with Gasteiger partial charge in [0.05, 0.1) is 11.9 Å². The number of nitrogens with two attached hydrogens (primary N) is 1. The summed E-state index contributed by atoms with van der Waals surface area (Å²) in [6.45, 7) is 2.69. The normalized spacial score (nSPS) is 19.2. The van der Waals surface area contributed by atoms with Crippen molar-refractivity contribution >= 4 is 17.5 Å². The van der Waals surface area contributed by atoms with Crippen molar-refractivity contribution < 1.29 is 9.59 Å². The molecule has 2 heterocycles. The first-order chi connectivity index (χ1) is 9.63.